The van der Waals surface area contributed by atoms with E-state index in [0.717, 1.165) is 43.3 Å². The molecule has 1 saturated carbocycles. The third-order valence-electron chi connectivity index (χ3n) is 8.41. The summed E-state index contributed by atoms with van der Waals surface area (Å²) in [5.74, 6) is -1.11. The number of hydrogen-bond donors (Lipinski definition) is 1. The van der Waals surface area contributed by atoms with Crippen LogP contribution in [0.25, 0.3) is 0 Å². The fraction of sp³-hybridized carbons (Fsp3) is 0.531. The molecule has 1 N–H and O–H groups in total. The van der Waals surface area contributed by atoms with Crippen molar-refractivity contribution in [2.45, 2.75) is 67.3 Å². The molecule has 0 unspecified atom stereocenters. The third kappa shape index (κ3) is 7.66. The van der Waals surface area contributed by atoms with E-state index in [1.807, 2.05) is 18.2 Å². The van der Waals surface area contributed by atoms with Crippen molar-refractivity contribution in [1.29, 1.82) is 0 Å². The second kappa shape index (κ2) is 13.6. The summed E-state index contributed by atoms with van der Waals surface area (Å²) in [5, 5.41) is 2.89. The van der Waals surface area contributed by atoms with E-state index in [0.29, 0.717) is 62.5 Å². The molecule has 0 radical (unpaired) electrons. The average molecular weight is 618 g/mol. The Morgan fingerprint density at radius 3 is 2.65 bits per heavy atom. The minimum absolute atomic E-state index is 0.0979. The fourth-order valence-electron chi connectivity index (χ4n) is 6.07. The van der Waals surface area contributed by atoms with Crippen LogP contribution in [0, 0.1) is 11.8 Å². The highest BCUT2D eigenvalue weighted by Crippen LogP contribution is 2.50. The molecular formula is C32H38F3N3O4S. The first-order valence-electron chi connectivity index (χ1n) is 15.1. The smallest absolute Gasteiger partial charge is 0.417 e. The van der Waals surface area contributed by atoms with Gasteiger partial charge in [0.05, 0.1) is 23.8 Å². The molecule has 2 heterocycles. The molecule has 3 atom stereocenters. The van der Waals surface area contributed by atoms with Gasteiger partial charge in [0.25, 0.3) is 0 Å². The Hall–Kier alpha value is -3.21. The Labute approximate surface area is 254 Å². The number of likely N-dealkylation sites (tertiary alicyclic amines) is 1. The molecule has 0 aromatic heterocycles. The van der Waals surface area contributed by atoms with Crippen LogP contribution in [-0.4, -0.2) is 62.0 Å². The van der Waals surface area contributed by atoms with Crippen molar-refractivity contribution in [2.24, 2.45) is 11.8 Å². The SMILES string of the molecule is CCOC(=O)[C@H]1CCCN(c2ccccc2Sc2ccc([C@@H]3C[C@H]3C(=O)NCCCN3CCCC3=O)cc2C(F)(F)F)C1. The number of carbonyl (C=O) groups is 3. The Morgan fingerprint density at radius 2 is 1.91 bits per heavy atom. The van der Waals surface area contributed by atoms with Crippen LogP contribution >= 0.6 is 11.8 Å². The van der Waals surface area contributed by atoms with E-state index >= 15 is 0 Å². The van der Waals surface area contributed by atoms with Crippen LogP contribution in [0.2, 0.25) is 0 Å². The highest BCUT2D eigenvalue weighted by atomic mass is 32.2. The van der Waals surface area contributed by atoms with Crippen LogP contribution in [0.3, 0.4) is 0 Å². The van der Waals surface area contributed by atoms with Gasteiger partial charge in [-0.3, -0.25) is 14.4 Å². The van der Waals surface area contributed by atoms with Gasteiger partial charge in [-0.25, -0.2) is 0 Å². The molecule has 232 valence electrons. The Bertz CT molecular complexity index is 1340. The van der Waals surface area contributed by atoms with E-state index in [1.165, 1.54) is 12.1 Å². The molecule has 3 fully saturated rings. The van der Waals surface area contributed by atoms with Gasteiger partial charge in [-0.15, -0.1) is 0 Å². The minimum Gasteiger partial charge on any atom is -0.466 e. The van der Waals surface area contributed by atoms with Crippen molar-refractivity contribution in [1.82, 2.24) is 10.2 Å². The zero-order valence-corrected chi connectivity index (χ0v) is 25.1. The average Bonchev–Trinajstić information content (AvgIpc) is 3.69. The first-order valence-corrected chi connectivity index (χ1v) is 15.9. The van der Waals surface area contributed by atoms with Crippen molar-refractivity contribution in [2.75, 3.05) is 44.2 Å². The lowest BCUT2D eigenvalue weighted by Gasteiger charge is -2.34. The van der Waals surface area contributed by atoms with Gasteiger partial charge in [-0.2, -0.15) is 13.2 Å². The van der Waals surface area contributed by atoms with Gasteiger partial charge in [-0.1, -0.05) is 30.0 Å². The first-order chi connectivity index (χ1) is 20.7. The largest absolute Gasteiger partial charge is 0.466 e. The van der Waals surface area contributed by atoms with E-state index < -0.39 is 11.7 Å². The second-order valence-corrected chi connectivity index (χ2v) is 12.5. The molecule has 2 aromatic rings. The predicted octanol–water partition coefficient (Wildman–Crippen LogP) is 5.87. The van der Waals surface area contributed by atoms with Crippen molar-refractivity contribution >= 4 is 35.2 Å². The Kier molecular flexibility index (Phi) is 9.88. The number of anilines is 1. The van der Waals surface area contributed by atoms with Crippen LogP contribution in [0.5, 0.6) is 0 Å². The molecular weight excluding hydrogens is 579 g/mol. The molecule has 11 heteroatoms. The van der Waals surface area contributed by atoms with Gasteiger partial charge in [0.2, 0.25) is 11.8 Å². The van der Waals surface area contributed by atoms with E-state index in [-0.39, 0.29) is 40.4 Å². The number of amides is 2. The van der Waals surface area contributed by atoms with Gasteiger partial charge in [0.15, 0.2) is 0 Å². The summed E-state index contributed by atoms with van der Waals surface area (Å²) in [7, 11) is 0. The summed E-state index contributed by atoms with van der Waals surface area (Å²) >= 11 is 1.07. The number of nitrogens with one attached hydrogen (secondary N) is 1. The summed E-state index contributed by atoms with van der Waals surface area (Å²) < 4.78 is 48.2. The topological polar surface area (TPSA) is 79.0 Å². The molecule has 1 aliphatic carbocycles. The monoisotopic (exact) mass is 617 g/mol. The van der Waals surface area contributed by atoms with Crippen LogP contribution < -0.4 is 10.2 Å². The number of para-hydroxylation sites is 1. The van der Waals surface area contributed by atoms with Gasteiger partial charge in [0, 0.05) is 54.9 Å². The van der Waals surface area contributed by atoms with Crippen LogP contribution in [0.15, 0.2) is 52.3 Å². The summed E-state index contributed by atoms with van der Waals surface area (Å²) in [5.41, 5.74) is 0.599. The number of piperidine rings is 1. The van der Waals surface area contributed by atoms with Gasteiger partial charge in [0.1, 0.15) is 0 Å². The lowest BCUT2D eigenvalue weighted by Crippen LogP contribution is -2.39. The number of halogens is 3. The quantitative estimate of drug-likeness (QED) is 0.251. The summed E-state index contributed by atoms with van der Waals surface area (Å²) in [6.07, 6.45) is -0.429. The number of esters is 1. The number of alkyl halides is 3. The second-order valence-electron chi connectivity index (χ2n) is 11.4. The number of carbonyl (C=O) groups excluding carboxylic acids is 3. The van der Waals surface area contributed by atoms with Crippen LogP contribution in [0.4, 0.5) is 18.9 Å². The molecule has 2 aliphatic heterocycles. The summed E-state index contributed by atoms with van der Waals surface area (Å²) in [6.45, 7) is 5.05. The van der Waals surface area contributed by atoms with E-state index in [4.69, 9.17) is 4.74 Å². The van der Waals surface area contributed by atoms with Gasteiger partial charge < -0.3 is 19.9 Å². The molecule has 5 rings (SSSR count). The molecule has 2 amide bonds. The molecule has 0 spiro atoms. The maximum Gasteiger partial charge on any atom is 0.417 e. The normalized spacial score (nSPS) is 22.0. The minimum atomic E-state index is -4.56. The van der Waals surface area contributed by atoms with Crippen molar-refractivity contribution in [3.63, 3.8) is 0 Å². The predicted molar refractivity (Wildman–Crippen MR) is 158 cm³/mol. The van der Waals surface area contributed by atoms with Crippen molar-refractivity contribution < 1.29 is 32.3 Å². The van der Waals surface area contributed by atoms with E-state index in [9.17, 15) is 27.6 Å². The zero-order valence-electron chi connectivity index (χ0n) is 24.3. The number of nitrogens with zero attached hydrogens (tertiary/aromatic N) is 2. The number of rotatable bonds is 11. The van der Waals surface area contributed by atoms with Gasteiger partial charge >= 0.3 is 12.1 Å². The highest BCUT2D eigenvalue weighted by molar-refractivity contribution is 7.99. The highest BCUT2D eigenvalue weighted by Gasteiger charge is 2.45. The van der Waals surface area contributed by atoms with Crippen LogP contribution in [0.1, 0.15) is 62.5 Å². The lowest BCUT2D eigenvalue weighted by atomic mass is 9.97. The Morgan fingerprint density at radius 1 is 1.09 bits per heavy atom. The number of benzene rings is 2. The molecule has 7 nitrogen and oxygen atoms in total. The van der Waals surface area contributed by atoms with Crippen molar-refractivity contribution in [3.8, 4) is 0 Å². The molecule has 3 aliphatic rings. The molecule has 2 aromatic carbocycles. The summed E-state index contributed by atoms with van der Waals surface area (Å²) in [4.78, 5) is 41.4. The fourth-order valence-corrected chi connectivity index (χ4v) is 7.17. The molecule has 0 bridgehead atoms. The molecule has 43 heavy (non-hydrogen) atoms. The van der Waals surface area contributed by atoms with Crippen molar-refractivity contribution in [3.05, 3.63) is 53.6 Å². The van der Waals surface area contributed by atoms with Crippen LogP contribution in [-0.2, 0) is 25.3 Å². The van der Waals surface area contributed by atoms with E-state index in [2.05, 4.69) is 10.2 Å². The van der Waals surface area contributed by atoms with Gasteiger partial charge in [-0.05, 0) is 74.8 Å². The summed E-state index contributed by atoms with van der Waals surface area (Å²) in [6, 6.07) is 11.8. The maximum absolute atomic E-state index is 14.3. The molecule has 2 saturated heterocycles. The third-order valence-corrected chi connectivity index (χ3v) is 9.55. The lowest BCUT2D eigenvalue weighted by molar-refractivity contribution is -0.148. The number of ether oxygens (including phenoxy) is 1. The Balaban J connectivity index is 1.24. The standard InChI is InChI=1S/C32H38F3N3O4S/c1-2-42-31(41)22-8-5-16-38(20-22)26-9-3-4-10-28(26)43-27-13-12-21(18-25(27)32(33,34)35)23-19-24(23)30(40)36-14-7-17-37-15-6-11-29(37)39/h3-4,9-10,12-13,18,22-24H,2,5-8,11,14-17,19-20H2,1H3,(H,36,40)/t22-,23-,24+/m0/s1. The zero-order chi connectivity index (χ0) is 30.6. The first kappa shape index (κ1) is 31.2. The number of hydrogen-bond acceptors (Lipinski definition) is 6. The van der Waals surface area contributed by atoms with E-state index in [1.54, 1.807) is 24.0 Å². The maximum atomic E-state index is 14.3.